The van der Waals surface area contributed by atoms with Crippen molar-refractivity contribution >= 4 is 23.3 Å². The van der Waals surface area contributed by atoms with Crippen molar-refractivity contribution in [3.05, 3.63) is 24.3 Å². The molecule has 6 nitrogen and oxygen atoms in total. The minimum Gasteiger partial charge on any atom is -0.383 e. The van der Waals surface area contributed by atoms with Crippen LogP contribution in [-0.2, 0) is 4.79 Å². The van der Waals surface area contributed by atoms with Crippen LogP contribution in [0.5, 0.6) is 0 Å². The minimum atomic E-state index is -0.367. The van der Waals surface area contributed by atoms with Gasteiger partial charge in [-0.05, 0) is 31.4 Å². The molecule has 1 heterocycles. The Bertz CT molecular complexity index is 584. The fourth-order valence-electron chi connectivity index (χ4n) is 3.48. The number of rotatable bonds is 3. The number of nitrogens with one attached hydrogen (secondary N) is 3. The SMILES string of the molecule is O=C(CN1CCCNc2ccccc21)NC(=O)NC1CCCCC1. The molecule has 3 N–H and O–H groups in total. The number of anilines is 2. The molecule has 24 heavy (non-hydrogen) atoms. The maximum Gasteiger partial charge on any atom is 0.321 e. The summed E-state index contributed by atoms with van der Waals surface area (Å²) in [6.07, 6.45) is 6.50. The number of hydrogen-bond donors (Lipinski definition) is 3. The zero-order chi connectivity index (χ0) is 16.8. The largest absolute Gasteiger partial charge is 0.383 e. The van der Waals surface area contributed by atoms with Gasteiger partial charge in [0.15, 0.2) is 0 Å². The van der Waals surface area contributed by atoms with E-state index in [0.717, 1.165) is 56.6 Å². The van der Waals surface area contributed by atoms with E-state index in [-0.39, 0.29) is 24.5 Å². The lowest BCUT2D eigenvalue weighted by Crippen LogP contribution is -2.48. The first kappa shape index (κ1) is 16.6. The average Bonchev–Trinajstić information content (AvgIpc) is 2.78. The lowest BCUT2D eigenvalue weighted by molar-refractivity contribution is -0.118. The summed E-state index contributed by atoms with van der Waals surface area (Å²) >= 11 is 0. The summed E-state index contributed by atoms with van der Waals surface area (Å²) in [7, 11) is 0. The summed E-state index contributed by atoms with van der Waals surface area (Å²) in [5.41, 5.74) is 2.05. The first-order chi connectivity index (χ1) is 11.7. The lowest BCUT2D eigenvalue weighted by atomic mass is 9.96. The third-order valence-electron chi connectivity index (χ3n) is 4.69. The molecule has 3 rings (SSSR count). The highest BCUT2D eigenvalue weighted by Gasteiger charge is 2.20. The highest BCUT2D eigenvalue weighted by atomic mass is 16.2. The van der Waals surface area contributed by atoms with E-state index in [2.05, 4.69) is 16.0 Å². The molecule has 1 aliphatic heterocycles. The highest BCUT2D eigenvalue weighted by Crippen LogP contribution is 2.27. The van der Waals surface area contributed by atoms with Crippen molar-refractivity contribution in [1.82, 2.24) is 10.6 Å². The number of hydrogen-bond acceptors (Lipinski definition) is 4. The van der Waals surface area contributed by atoms with Gasteiger partial charge in [-0.25, -0.2) is 4.79 Å². The van der Waals surface area contributed by atoms with Crippen molar-refractivity contribution in [2.45, 2.75) is 44.6 Å². The molecular formula is C18H26N4O2. The Morgan fingerprint density at radius 1 is 1.12 bits per heavy atom. The Balaban J connectivity index is 1.53. The van der Waals surface area contributed by atoms with Gasteiger partial charge in [0.1, 0.15) is 0 Å². The van der Waals surface area contributed by atoms with Crippen molar-refractivity contribution in [3.63, 3.8) is 0 Å². The van der Waals surface area contributed by atoms with Crippen molar-refractivity contribution in [3.8, 4) is 0 Å². The van der Waals surface area contributed by atoms with Crippen LogP contribution >= 0.6 is 0 Å². The molecule has 1 saturated carbocycles. The van der Waals surface area contributed by atoms with Gasteiger partial charge < -0.3 is 15.5 Å². The number of urea groups is 1. The van der Waals surface area contributed by atoms with Crippen molar-refractivity contribution in [1.29, 1.82) is 0 Å². The van der Waals surface area contributed by atoms with Crippen molar-refractivity contribution in [2.75, 3.05) is 29.9 Å². The van der Waals surface area contributed by atoms with Crippen LogP contribution in [0.25, 0.3) is 0 Å². The van der Waals surface area contributed by atoms with Gasteiger partial charge in [0.05, 0.1) is 17.9 Å². The molecule has 0 unspecified atom stereocenters. The topological polar surface area (TPSA) is 73.5 Å². The maximum atomic E-state index is 12.3. The van der Waals surface area contributed by atoms with Gasteiger partial charge in [-0.2, -0.15) is 0 Å². The van der Waals surface area contributed by atoms with Gasteiger partial charge in [0.25, 0.3) is 0 Å². The molecule has 0 aromatic heterocycles. The summed E-state index contributed by atoms with van der Waals surface area (Å²) in [6, 6.07) is 7.80. The molecule has 1 aromatic carbocycles. The summed E-state index contributed by atoms with van der Waals surface area (Å²) in [5.74, 6) is -0.264. The van der Waals surface area contributed by atoms with Gasteiger partial charge in [0.2, 0.25) is 5.91 Å². The van der Waals surface area contributed by atoms with Gasteiger partial charge in [-0.1, -0.05) is 31.4 Å². The van der Waals surface area contributed by atoms with Crippen LogP contribution in [0.4, 0.5) is 16.2 Å². The highest BCUT2D eigenvalue weighted by molar-refractivity contribution is 5.97. The fraction of sp³-hybridized carbons (Fsp3) is 0.556. The van der Waals surface area contributed by atoms with Crippen LogP contribution in [0.1, 0.15) is 38.5 Å². The summed E-state index contributed by atoms with van der Waals surface area (Å²) in [4.78, 5) is 26.3. The summed E-state index contributed by atoms with van der Waals surface area (Å²) < 4.78 is 0. The van der Waals surface area contributed by atoms with Crippen LogP contribution in [-0.4, -0.2) is 37.6 Å². The summed E-state index contributed by atoms with van der Waals surface area (Å²) in [6.45, 7) is 1.87. The molecule has 0 spiro atoms. The molecule has 3 amide bonds. The first-order valence-electron chi connectivity index (χ1n) is 8.90. The van der Waals surface area contributed by atoms with Crippen LogP contribution in [0.15, 0.2) is 24.3 Å². The number of nitrogens with zero attached hydrogens (tertiary/aromatic N) is 1. The van der Waals surface area contributed by atoms with Crippen LogP contribution < -0.4 is 20.9 Å². The van der Waals surface area contributed by atoms with E-state index in [9.17, 15) is 9.59 Å². The Morgan fingerprint density at radius 3 is 2.75 bits per heavy atom. The predicted molar refractivity (Wildman–Crippen MR) is 95.3 cm³/mol. The monoisotopic (exact) mass is 330 g/mol. The second-order valence-corrected chi connectivity index (χ2v) is 6.58. The van der Waals surface area contributed by atoms with E-state index in [4.69, 9.17) is 0 Å². The standard InChI is InChI=1S/C18H26N4O2/c23-17(21-18(24)20-14-7-2-1-3-8-14)13-22-12-6-11-19-15-9-4-5-10-16(15)22/h4-5,9-10,14,19H,1-3,6-8,11-13H2,(H2,20,21,23,24). The molecule has 0 bridgehead atoms. The van der Waals surface area contributed by atoms with E-state index < -0.39 is 0 Å². The third-order valence-corrected chi connectivity index (χ3v) is 4.69. The number of carbonyl (C=O) groups is 2. The van der Waals surface area contributed by atoms with Gasteiger partial charge in [0, 0.05) is 19.1 Å². The normalized spacial score (nSPS) is 18.1. The molecule has 0 saturated heterocycles. The first-order valence-corrected chi connectivity index (χ1v) is 8.90. The van der Waals surface area contributed by atoms with Crippen LogP contribution in [0.3, 0.4) is 0 Å². The quantitative estimate of drug-likeness (QED) is 0.796. The van der Waals surface area contributed by atoms with Gasteiger partial charge >= 0.3 is 6.03 Å². The molecule has 6 heteroatoms. The van der Waals surface area contributed by atoms with E-state index >= 15 is 0 Å². The molecule has 2 aliphatic rings. The Hall–Kier alpha value is -2.24. The molecule has 0 atom stereocenters. The second-order valence-electron chi connectivity index (χ2n) is 6.58. The van der Waals surface area contributed by atoms with Crippen LogP contribution in [0.2, 0.25) is 0 Å². The third kappa shape index (κ3) is 4.40. The van der Waals surface area contributed by atoms with Gasteiger partial charge in [-0.3, -0.25) is 10.1 Å². The maximum absolute atomic E-state index is 12.3. The minimum absolute atomic E-state index is 0.191. The van der Waals surface area contributed by atoms with E-state index in [1.807, 2.05) is 29.2 Å². The molecule has 130 valence electrons. The lowest BCUT2D eigenvalue weighted by Gasteiger charge is -2.25. The van der Waals surface area contributed by atoms with E-state index in [0.29, 0.717) is 0 Å². The Labute approximate surface area is 143 Å². The number of amides is 3. The molecular weight excluding hydrogens is 304 g/mol. The van der Waals surface area contributed by atoms with Gasteiger partial charge in [-0.15, -0.1) is 0 Å². The predicted octanol–water partition coefficient (Wildman–Crippen LogP) is 2.47. The Morgan fingerprint density at radius 2 is 1.92 bits per heavy atom. The fourth-order valence-corrected chi connectivity index (χ4v) is 3.48. The smallest absolute Gasteiger partial charge is 0.321 e. The molecule has 1 aromatic rings. The van der Waals surface area contributed by atoms with Crippen molar-refractivity contribution < 1.29 is 9.59 Å². The Kier molecular flexibility index (Phi) is 5.56. The van der Waals surface area contributed by atoms with Crippen LogP contribution in [0, 0.1) is 0 Å². The average molecular weight is 330 g/mol. The molecule has 1 fully saturated rings. The zero-order valence-corrected chi connectivity index (χ0v) is 14.0. The number of imide groups is 1. The molecule has 0 radical (unpaired) electrons. The molecule has 1 aliphatic carbocycles. The number of para-hydroxylation sites is 2. The van der Waals surface area contributed by atoms with E-state index in [1.54, 1.807) is 0 Å². The van der Waals surface area contributed by atoms with Crippen molar-refractivity contribution in [2.24, 2.45) is 0 Å². The number of carbonyl (C=O) groups excluding carboxylic acids is 2. The number of benzene rings is 1. The second kappa shape index (κ2) is 8.04. The zero-order valence-electron chi connectivity index (χ0n) is 14.0. The number of fused-ring (bicyclic) bond motifs is 1. The van der Waals surface area contributed by atoms with E-state index in [1.165, 1.54) is 6.42 Å². The summed E-state index contributed by atoms with van der Waals surface area (Å²) in [5, 5.41) is 8.76.